The molecule has 150 valence electrons. The highest BCUT2D eigenvalue weighted by molar-refractivity contribution is 5.80. The van der Waals surface area contributed by atoms with Crippen LogP contribution in [-0.2, 0) is 0 Å². The highest BCUT2D eigenvalue weighted by atomic mass is 16.2. The van der Waals surface area contributed by atoms with Gasteiger partial charge in [-0.1, -0.05) is 65.7 Å². The Kier molecular flexibility index (Phi) is 8.60. The normalized spacial score (nSPS) is 9.66. The number of hydrogen-bond acceptors (Lipinski definition) is 5. The molecular weight excluding hydrogens is 360 g/mol. The summed E-state index contributed by atoms with van der Waals surface area (Å²) in [7, 11) is 0. The number of aryl methyl sites for hydroxylation is 2. The fraction of sp³-hybridized carbons (Fsp3) is 0.167. The standard InChI is InChI=1S/C15H14N4.C7H8.C2H6O/c1-10-6-8-11(9-7-10)17-15-14(16)18-12-4-2-3-5-13(12)19-15;1-7-5-3-2-4-6-7;1-2-3/h2-9H,1H3,(H2,16,18)(H,17,19);2-6H,1H3;3H,2H2,1H3. The van der Waals surface area contributed by atoms with Crippen molar-refractivity contribution in [1.82, 2.24) is 9.97 Å². The maximum absolute atomic E-state index is 7.57. The summed E-state index contributed by atoms with van der Waals surface area (Å²) in [6.07, 6.45) is 0. The number of rotatable bonds is 2. The van der Waals surface area contributed by atoms with Gasteiger partial charge in [0.05, 0.1) is 11.0 Å². The minimum Gasteiger partial charge on any atom is -0.397 e. The lowest BCUT2D eigenvalue weighted by Gasteiger charge is -2.09. The number of aliphatic hydroxyl groups excluding tert-OH is 1. The molecule has 0 saturated heterocycles. The summed E-state index contributed by atoms with van der Waals surface area (Å²) < 4.78 is 0. The minimum absolute atomic E-state index is 0.250. The highest BCUT2D eigenvalue weighted by Gasteiger charge is 2.05. The topological polar surface area (TPSA) is 84.1 Å². The number of benzene rings is 3. The first-order chi connectivity index (χ1) is 14.0. The molecule has 0 bridgehead atoms. The van der Waals surface area contributed by atoms with E-state index in [1.54, 1.807) is 6.92 Å². The van der Waals surface area contributed by atoms with E-state index < -0.39 is 0 Å². The summed E-state index contributed by atoms with van der Waals surface area (Å²) in [6.45, 7) is 6.06. The summed E-state index contributed by atoms with van der Waals surface area (Å²) in [5, 5.41) is 10.8. The van der Waals surface area contributed by atoms with E-state index in [2.05, 4.69) is 34.3 Å². The summed E-state index contributed by atoms with van der Waals surface area (Å²) in [5.74, 6) is 0.988. The van der Waals surface area contributed by atoms with Crippen LogP contribution in [-0.4, -0.2) is 21.7 Å². The molecule has 0 spiro atoms. The second-order valence-corrected chi connectivity index (χ2v) is 6.41. The van der Waals surface area contributed by atoms with Crippen molar-refractivity contribution in [1.29, 1.82) is 0 Å². The molecule has 0 amide bonds. The number of anilines is 3. The zero-order valence-electron chi connectivity index (χ0n) is 17.1. The zero-order valence-corrected chi connectivity index (χ0v) is 17.1. The van der Waals surface area contributed by atoms with Crippen molar-refractivity contribution in [3.63, 3.8) is 0 Å². The molecule has 0 aliphatic carbocycles. The lowest BCUT2D eigenvalue weighted by Crippen LogP contribution is -2.02. The molecule has 0 atom stereocenters. The third kappa shape index (κ3) is 7.24. The number of aliphatic hydroxyl groups is 1. The van der Waals surface area contributed by atoms with Crippen molar-refractivity contribution < 1.29 is 5.11 Å². The minimum atomic E-state index is 0.250. The molecule has 4 aromatic rings. The van der Waals surface area contributed by atoms with Gasteiger partial charge < -0.3 is 16.2 Å². The van der Waals surface area contributed by atoms with Crippen LogP contribution in [0.1, 0.15) is 18.1 Å². The van der Waals surface area contributed by atoms with Crippen molar-refractivity contribution in [3.05, 3.63) is 90.0 Å². The number of para-hydroxylation sites is 2. The van der Waals surface area contributed by atoms with E-state index in [4.69, 9.17) is 10.8 Å². The third-order valence-electron chi connectivity index (χ3n) is 3.85. The largest absolute Gasteiger partial charge is 0.397 e. The van der Waals surface area contributed by atoms with Gasteiger partial charge in [-0.05, 0) is 45.0 Å². The van der Waals surface area contributed by atoms with Crippen LogP contribution >= 0.6 is 0 Å². The van der Waals surface area contributed by atoms with Gasteiger partial charge in [-0.25, -0.2) is 9.97 Å². The van der Waals surface area contributed by atoms with Crippen molar-refractivity contribution in [2.24, 2.45) is 0 Å². The molecule has 4 N–H and O–H groups in total. The van der Waals surface area contributed by atoms with E-state index >= 15 is 0 Å². The summed E-state index contributed by atoms with van der Waals surface area (Å²) in [5.41, 5.74) is 11.0. The maximum atomic E-state index is 7.57. The van der Waals surface area contributed by atoms with Gasteiger partial charge in [0.2, 0.25) is 0 Å². The van der Waals surface area contributed by atoms with E-state index in [-0.39, 0.29) is 6.61 Å². The van der Waals surface area contributed by atoms with Crippen molar-refractivity contribution in [3.8, 4) is 0 Å². The Bertz CT molecular complexity index is 1000. The SMILES string of the molecule is CCO.Cc1ccc(Nc2nc3ccccc3nc2N)cc1.Cc1ccccc1. The number of fused-ring (bicyclic) bond motifs is 1. The van der Waals surface area contributed by atoms with Crippen LogP contribution in [0, 0.1) is 13.8 Å². The van der Waals surface area contributed by atoms with Crippen LogP contribution in [0.2, 0.25) is 0 Å². The Labute approximate surface area is 172 Å². The number of hydrogen-bond donors (Lipinski definition) is 3. The number of nitrogens with zero attached hydrogens (tertiary/aromatic N) is 2. The molecule has 3 aromatic carbocycles. The maximum Gasteiger partial charge on any atom is 0.174 e. The summed E-state index contributed by atoms with van der Waals surface area (Å²) >= 11 is 0. The van der Waals surface area contributed by atoms with Crippen LogP contribution in [0.4, 0.5) is 17.3 Å². The van der Waals surface area contributed by atoms with Gasteiger partial charge in [-0.15, -0.1) is 0 Å². The lowest BCUT2D eigenvalue weighted by atomic mass is 10.2. The van der Waals surface area contributed by atoms with E-state index in [1.807, 2.05) is 73.7 Å². The Hall–Kier alpha value is -3.44. The molecule has 0 fully saturated rings. The first-order valence-electron chi connectivity index (χ1n) is 9.52. The number of nitrogen functional groups attached to an aromatic ring is 1. The summed E-state index contributed by atoms with van der Waals surface area (Å²) in [6, 6.07) is 26.0. The molecule has 1 heterocycles. The van der Waals surface area contributed by atoms with Gasteiger partial charge in [-0.3, -0.25) is 0 Å². The van der Waals surface area contributed by atoms with Crippen LogP contribution in [0.3, 0.4) is 0 Å². The second kappa shape index (κ2) is 11.4. The van der Waals surface area contributed by atoms with Crippen LogP contribution in [0.25, 0.3) is 11.0 Å². The molecule has 0 aliphatic rings. The number of nitrogens with one attached hydrogen (secondary N) is 1. The molecule has 0 radical (unpaired) electrons. The Balaban J connectivity index is 0.000000250. The van der Waals surface area contributed by atoms with Crippen LogP contribution in [0.5, 0.6) is 0 Å². The third-order valence-corrected chi connectivity index (χ3v) is 3.85. The first-order valence-corrected chi connectivity index (χ1v) is 9.52. The molecule has 0 saturated carbocycles. The predicted molar refractivity (Wildman–Crippen MR) is 122 cm³/mol. The molecule has 0 aliphatic heterocycles. The van der Waals surface area contributed by atoms with Crippen LogP contribution in [0.15, 0.2) is 78.9 Å². The monoisotopic (exact) mass is 388 g/mol. The highest BCUT2D eigenvalue weighted by Crippen LogP contribution is 2.22. The molecule has 4 rings (SSSR count). The average Bonchev–Trinajstić information content (AvgIpc) is 2.72. The Morgan fingerprint density at radius 2 is 1.24 bits per heavy atom. The van der Waals surface area contributed by atoms with Gasteiger partial charge in [-0.2, -0.15) is 0 Å². The molecule has 29 heavy (non-hydrogen) atoms. The second-order valence-electron chi connectivity index (χ2n) is 6.41. The fourth-order valence-electron chi connectivity index (χ4n) is 2.41. The molecule has 0 unspecified atom stereocenters. The molecule has 5 heteroatoms. The smallest absolute Gasteiger partial charge is 0.174 e. The van der Waals surface area contributed by atoms with Gasteiger partial charge in [0.25, 0.3) is 0 Å². The molecular formula is C24H28N4O. The van der Waals surface area contributed by atoms with Crippen molar-refractivity contribution in [2.75, 3.05) is 17.7 Å². The van der Waals surface area contributed by atoms with E-state index in [9.17, 15) is 0 Å². The molecule has 1 aromatic heterocycles. The quantitative estimate of drug-likeness (QED) is 0.436. The molecule has 5 nitrogen and oxygen atoms in total. The van der Waals surface area contributed by atoms with Gasteiger partial charge in [0, 0.05) is 12.3 Å². The number of nitrogens with two attached hydrogens (primary N) is 1. The van der Waals surface area contributed by atoms with E-state index in [0.29, 0.717) is 11.6 Å². The van der Waals surface area contributed by atoms with Crippen molar-refractivity contribution in [2.45, 2.75) is 20.8 Å². The lowest BCUT2D eigenvalue weighted by molar-refractivity contribution is 0.318. The first kappa shape index (κ1) is 21.9. The Morgan fingerprint density at radius 3 is 1.76 bits per heavy atom. The van der Waals surface area contributed by atoms with Crippen LogP contribution < -0.4 is 11.1 Å². The van der Waals surface area contributed by atoms with Gasteiger partial charge in [0.1, 0.15) is 0 Å². The van der Waals surface area contributed by atoms with E-state index in [1.165, 1.54) is 11.1 Å². The average molecular weight is 389 g/mol. The fourth-order valence-corrected chi connectivity index (χ4v) is 2.41. The van der Waals surface area contributed by atoms with Gasteiger partial charge >= 0.3 is 0 Å². The Morgan fingerprint density at radius 1 is 0.759 bits per heavy atom. The zero-order chi connectivity index (χ0) is 21.1. The van der Waals surface area contributed by atoms with E-state index in [0.717, 1.165) is 16.7 Å². The summed E-state index contributed by atoms with van der Waals surface area (Å²) in [4.78, 5) is 8.84. The number of aromatic nitrogens is 2. The van der Waals surface area contributed by atoms with Gasteiger partial charge in [0.15, 0.2) is 11.6 Å². The van der Waals surface area contributed by atoms with Crippen molar-refractivity contribution >= 4 is 28.4 Å². The predicted octanol–water partition coefficient (Wildman–Crippen LogP) is 5.26.